The van der Waals surface area contributed by atoms with Gasteiger partial charge in [-0.15, -0.1) is 0 Å². The third-order valence-corrected chi connectivity index (χ3v) is 4.55. The Morgan fingerprint density at radius 1 is 1.15 bits per heavy atom. The molecule has 0 aromatic heterocycles. The van der Waals surface area contributed by atoms with Crippen LogP contribution in [-0.4, -0.2) is 4.92 Å². The highest BCUT2D eigenvalue weighted by Crippen LogP contribution is 2.31. The predicted octanol–water partition coefficient (Wildman–Crippen LogP) is 5.43. The first-order valence-corrected chi connectivity index (χ1v) is 7.90. The van der Waals surface area contributed by atoms with Crippen LogP contribution in [0.4, 0.5) is 5.69 Å². The van der Waals surface area contributed by atoms with Gasteiger partial charge in [-0.3, -0.25) is 10.1 Å². The number of aryl methyl sites for hydroxylation is 1. The summed E-state index contributed by atoms with van der Waals surface area (Å²) in [6.07, 6.45) is 1.47. The van der Waals surface area contributed by atoms with Crippen molar-refractivity contribution in [3.63, 3.8) is 0 Å². The number of hydrogen-bond donors (Lipinski definition) is 0. The van der Waals surface area contributed by atoms with Crippen LogP contribution >= 0.6 is 31.9 Å². The maximum absolute atomic E-state index is 11.1. The van der Waals surface area contributed by atoms with Crippen molar-refractivity contribution < 1.29 is 4.92 Å². The maximum Gasteiger partial charge on any atom is 0.273 e. The lowest BCUT2D eigenvalue weighted by Gasteiger charge is -2.10. The van der Waals surface area contributed by atoms with E-state index in [0.717, 1.165) is 16.5 Å². The fourth-order valence-electron chi connectivity index (χ4n) is 2.03. The number of benzene rings is 2. The number of alkyl halides is 1. The van der Waals surface area contributed by atoms with Gasteiger partial charge in [-0.1, -0.05) is 68.3 Å². The Morgan fingerprint density at radius 2 is 1.85 bits per heavy atom. The minimum absolute atomic E-state index is 0.173. The summed E-state index contributed by atoms with van der Waals surface area (Å²) in [5, 5.41) is 11.1. The number of nitro benzene ring substituents is 1. The lowest BCUT2D eigenvalue weighted by molar-refractivity contribution is -0.385. The van der Waals surface area contributed by atoms with E-state index >= 15 is 0 Å². The summed E-state index contributed by atoms with van der Waals surface area (Å²) in [5.41, 5.74) is 2.12. The Balaban J connectivity index is 2.09. The van der Waals surface area contributed by atoms with Crippen molar-refractivity contribution >= 4 is 37.5 Å². The Kier molecular flexibility index (Phi) is 5.31. The Bertz CT molecular complexity index is 602. The molecule has 2 aromatic rings. The first kappa shape index (κ1) is 15.2. The Labute approximate surface area is 134 Å². The number of rotatable bonds is 5. The summed E-state index contributed by atoms with van der Waals surface area (Å²) in [7, 11) is 0. The molecule has 104 valence electrons. The van der Waals surface area contributed by atoms with Gasteiger partial charge in [-0.05, 0) is 24.5 Å². The molecule has 5 heteroatoms. The second-order valence-electron chi connectivity index (χ2n) is 4.45. The molecule has 0 saturated heterocycles. The molecule has 0 spiro atoms. The largest absolute Gasteiger partial charge is 0.273 e. The van der Waals surface area contributed by atoms with Gasteiger partial charge in [0.25, 0.3) is 5.69 Å². The van der Waals surface area contributed by atoms with Gasteiger partial charge >= 0.3 is 0 Å². The third-order valence-electron chi connectivity index (χ3n) is 3.07. The zero-order chi connectivity index (χ0) is 14.5. The van der Waals surface area contributed by atoms with Crippen LogP contribution in [0.25, 0.3) is 0 Å². The monoisotopic (exact) mass is 397 g/mol. The number of hydrogen-bond acceptors (Lipinski definition) is 2. The van der Waals surface area contributed by atoms with E-state index in [9.17, 15) is 10.1 Å². The van der Waals surface area contributed by atoms with Crippen LogP contribution in [0.5, 0.6) is 0 Å². The van der Waals surface area contributed by atoms with E-state index < -0.39 is 0 Å². The molecule has 2 aromatic carbocycles. The normalized spacial score (nSPS) is 12.1. The van der Waals surface area contributed by atoms with Crippen molar-refractivity contribution in [3.8, 4) is 0 Å². The Hall–Kier alpha value is -1.20. The number of nitro groups is 1. The number of nitrogens with zero attached hydrogens (tertiary/aromatic N) is 1. The summed E-state index contributed by atoms with van der Waals surface area (Å²) >= 11 is 6.91. The molecule has 0 saturated carbocycles. The molecule has 0 N–H and O–H groups in total. The van der Waals surface area contributed by atoms with Crippen molar-refractivity contribution in [1.29, 1.82) is 0 Å². The topological polar surface area (TPSA) is 43.1 Å². The van der Waals surface area contributed by atoms with Crippen molar-refractivity contribution in [3.05, 3.63) is 74.2 Å². The van der Waals surface area contributed by atoms with Crippen LogP contribution < -0.4 is 0 Å². The lowest BCUT2D eigenvalue weighted by Crippen LogP contribution is -1.98. The first-order chi connectivity index (χ1) is 9.58. The quantitative estimate of drug-likeness (QED) is 0.383. The summed E-state index contributed by atoms with van der Waals surface area (Å²) < 4.78 is 0.728. The van der Waals surface area contributed by atoms with Crippen molar-refractivity contribution in [2.24, 2.45) is 0 Å². The van der Waals surface area contributed by atoms with Crippen LogP contribution in [0, 0.1) is 10.1 Å². The molecule has 20 heavy (non-hydrogen) atoms. The maximum atomic E-state index is 11.1. The molecule has 0 aliphatic carbocycles. The molecule has 0 aliphatic rings. The van der Waals surface area contributed by atoms with Crippen LogP contribution in [0.1, 0.15) is 22.4 Å². The van der Waals surface area contributed by atoms with E-state index in [2.05, 4.69) is 44.0 Å². The second kappa shape index (κ2) is 6.99. The molecule has 0 amide bonds. The van der Waals surface area contributed by atoms with Gasteiger partial charge in [0.05, 0.1) is 4.92 Å². The molecule has 2 rings (SSSR count). The van der Waals surface area contributed by atoms with Gasteiger partial charge in [0.15, 0.2) is 0 Å². The fourth-order valence-corrected chi connectivity index (χ4v) is 2.91. The van der Waals surface area contributed by atoms with E-state index in [-0.39, 0.29) is 15.4 Å². The fraction of sp³-hybridized carbons (Fsp3) is 0.200. The molecule has 0 bridgehead atoms. The van der Waals surface area contributed by atoms with Gasteiger partial charge in [-0.25, -0.2) is 0 Å². The molecular weight excluding hydrogens is 386 g/mol. The van der Waals surface area contributed by atoms with Crippen molar-refractivity contribution in [2.45, 2.75) is 17.7 Å². The van der Waals surface area contributed by atoms with Gasteiger partial charge in [0.1, 0.15) is 0 Å². The van der Waals surface area contributed by atoms with Crippen LogP contribution in [0.15, 0.2) is 53.0 Å². The van der Waals surface area contributed by atoms with E-state index in [1.54, 1.807) is 6.07 Å². The molecule has 1 unspecified atom stereocenters. The molecule has 0 heterocycles. The number of halogens is 2. The van der Waals surface area contributed by atoms with Gasteiger partial charge in [0.2, 0.25) is 0 Å². The SMILES string of the molecule is O=[N+]([O-])c1cc(Br)ccc1CCC(Br)c1ccccc1. The summed E-state index contributed by atoms with van der Waals surface area (Å²) in [6, 6.07) is 15.3. The van der Waals surface area contributed by atoms with E-state index in [1.807, 2.05) is 30.3 Å². The highest BCUT2D eigenvalue weighted by molar-refractivity contribution is 9.10. The zero-order valence-electron chi connectivity index (χ0n) is 10.6. The molecule has 0 fully saturated rings. The molecule has 0 radical (unpaired) electrons. The summed E-state index contributed by atoms with van der Waals surface area (Å²) in [4.78, 5) is 10.9. The van der Waals surface area contributed by atoms with Gasteiger partial charge < -0.3 is 0 Å². The first-order valence-electron chi connectivity index (χ1n) is 6.20. The highest BCUT2D eigenvalue weighted by Gasteiger charge is 2.15. The summed E-state index contributed by atoms with van der Waals surface area (Å²) in [5.74, 6) is 0. The molecule has 3 nitrogen and oxygen atoms in total. The summed E-state index contributed by atoms with van der Waals surface area (Å²) in [6.45, 7) is 0. The third kappa shape index (κ3) is 3.90. The van der Waals surface area contributed by atoms with E-state index in [0.29, 0.717) is 6.42 Å². The molecule has 1 atom stereocenters. The highest BCUT2D eigenvalue weighted by atomic mass is 79.9. The van der Waals surface area contributed by atoms with Crippen LogP contribution in [0.2, 0.25) is 0 Å². The predicted molar refractivity (Wildman–Crippen MR) is 87.2 cm³/mol. The zero-order valence-corrected chi connectivity index (χ0v) is 13.8. The van der Waals surface area contributed by atoms with E-state index in [4.69, 9.17) is 0 Å². The Morgan fingerprint density at radius 3 is 2.50 bits per heavy atom. The minimum atomic E-state index is -0.328. The van der Waals surface area contributed by atoms with Crippen molar-refractivity contribution in [1.82, 2.24) is 0 Å². The lowest BCUT2D eigenvalue weighted by atomic mass is 10.0. The van der Waals surface area contributed by atoms with E-state index in [1.165, 1.54) is 5.56 Å². The molecular formula is C15H13Br2NO2. The molecule has 0 aliphatic heterocycles. The average Bonchev–Trinajstić information content (AvgIpc) is 2.46. The standard InChI is InChI=1S/C15H13Br2NO2/c16-13-8-6-12(15(10-13)18(19)20)7-9-14(17)11-4-2-1-3-5-11/h1-6,8,10,14H,7,9H2. The minimum Gasteiger partial charge on any atom is -0.258 e. The van der Waals surface area contributed by atoms with Crippen molar-refractivity contribution in [2.75, 3.05) is 0 Å². The smallest absolute Gasteiger partial charge is 0.258 e. The second-order valence-corrected chi connectivity index (χ2v) is 6.47. The van der Waals surface area contributed by atoms with Gasteiger partial charge in [0, 0.05) is 20.9 Å². The van der Waals surface area contributed by atoms with Gasteiger partial charge in [-0.2, -0.15) is 0 Å². The van der Waals surface area contributed by atoms with Crippen LogP contribution in [0.3, 0.4) is 0 Å². The van der Waals surface area contributed by atoms with Crippen LogP contribution in [-0.2, 0) is 6.42 Å². The average molecular weight is 399 g/mol.